The predicted molar refractivity (Wildman–Crippen MR) is 81.4 cm³/mol. The standard InChI is InChI=1S/C15H15BN2O3/c19-16(20)14-6-5-13(21-14)9-11-3-2-8-18-15(11)12-4-1-7-17-10-12/h1,4-7,9-10,19-20H,2-3,8H2/b11-9+. The van der Waals surface area contributed by atoms with Crippen LogP contribution >= 0.6 is 0 Å². The van der Waals surface area contributed by atoms with Crippen LogP contribution in [0.3, 0.4) is 0 Å². The minimum atomic E-state index is -1.59. The quantitative estimate of drug-likeness (QED) is 0.824. The monoisotopic (exact) mass is 282 g/mol. The summed E-state index contributed by atoms with van der Waals surface area (Å²) >= 11 is 0. The lowest BCUT2D eigenvalue weighted by molar-refractivity contribution is 0.409. The molecule has 5 nitrogen and oxygen atoms in total. The van der Waals surface area contributed by atoms with Crippen LogP contribution < -0.4 is 5.66 Å². The highest BCUT2D eigenvalue weighted by Gasteiger charge is 2.18. The zero-order valence-corrected chi connectivity index (χ0v) is 11.4. The number of pyridine rings is 1. The number of aromatic nitrogens is 1. The second-order valence-electron chi connectivity index (χ2n) is 4.86. The molecule has 0 unspecified atom stereocenters. The van der Waals surface area contributed by atoms with Gasteiger partial charge in [0.25, 0.3) is 0 Å². The molecule has 3 heterocycles. The Balaban J connectivity index is 1.93. The minimum absolute atomic E-state index is 0.137. The summed E-state index contributed by atoms with van der Waals surface area (Å²) in [5.41, 5.74) is 3.12. The smallest absolute Gasteiger partial charge is 0.465 e. The number of allylic oxidation sites excluding steroid dienone is 1. The van der Waals surface area contributed by atoms with E-state index in [-0.39, 0.29) is 5.66 Å². The normalized spacial score (nSPS) is 16.9. The molecule has 2 N–H and O–H groups in total. The Morgan fingerprint density at radius 2 is 2.14 bits per heavy atom. The van der Waals surface area contributed by atoms with Gasteiger partial charge in [-0.05, 0) is 48.8 Å². The molecule has 0 aliphatic carbocycles. The van der Waals surface area contributed by atoms with Crippen molar-refractivity contribution in [3.63, 3.8) is 0 Å². The molecule has 0 bridgehead atoms. The molecule has 0 aromatic carbocycles. The molecular formula is C15H15BN2O3. The zero-order chi connectivity index (χ0) is 14.7. The predicted octanol–water partition coefficient (Wildman–Crippen LogP) is 1.02. The van der Waals surface area contributed by atoms with E-state index < -0.39 is 7.12 Å². The van der Waals surface area contributed by atoms with E-state index in [2.05, 4.69) is 9.98 Å². The van der Waals surface area contributed by atoms with Crippen LogP contribution in [0.15, 0.2) is 51.6 Å². The van der Waals surface area contributed by atoms with Crippen molar-refractivity contribution < 1.29 is 14.5 Å². The van der Waals surface area contributed by atoms with Crippen LogP contribution in [-0.2, 0) is 0 Å². The van der Waals surface area contributed by atoms with Gasteiger partial charge < -0.3 is 14.5 Å². The summed E-state index contributed by atoms with van der Waals surface area (Å²) in [6, 6.07) is 7.14. The van der Waals surface area contributed by atoms with Crippen molar-refractivity contribution in [3.8, 4) is 0 Å². The lowest BCUT2D eigenvalue weighted by Gasteiger charge is -2.15. The summed E-state index contributed by atoms with van der Waals surface area (Å²) in [4.78, 5) is 8.72. The van der Waals surface area contributed by atoms with E-state index in [1.54, 1.807) is 24.5 Å². The maximum atomic E-state index is 9.08. The van der Waals surface area contributed by atoms with Crippen LogP contribution in [0.5, 0.6) is 0 Å². The van der Waals surface area contributed by atoms with Gasteiger partial charge in [-0.15, -0.1) is 0 Å². The van der Waals surface area contributed by atoms with Crippen LogP contribution in [0.25, 0.3) is 6.08 Å². The molecule has 0 saturated carbocycles. The first kappa shape index (κ1) is 13.8. The Labute approximate surface area is 122 Å². The summed E-state index contributed by atoms with van der Waals surface area (Å²) in [6.07, 6.45) is 7.33. The van der Waals surface area contributed by atoms with Gasteiger partial charge in [0.2, 0.25) is 0 Å². The van der Waals surface area contributed by atoms with Gasteiger partial charge in [-0.3, -0.25) is 9.98 Å². The van der Waals surface area contributed by atoms with Gasteiger partial charge in [-0.1, -0.05) is 0 Å². The fourth-order valence-electron chi connectivity index (χ4n) is 2.36. The maximum absolute atomic E-state index is 9.08. The van der Waals surface area contributed by atoms with Crippen LogP contribution in [0.1, 0.15) is 24.2 Å². The van der Waals surface area contributed by atoms with Crippen molar-refractivity contribution in [2.75, 3.05) is 6.54 Å². The first-order valence-electron chi connectivity index (χ1n) is 6.86. The van der Waals surface area contributed by atoms with E-state index in [1.165, 1.54) is 0 Å². The van der Waals surface area contributed by atoms with Gasteiger partial charge >= 0.3 is 7.12 Å². The van der Waals surface area contributed by atoms with E-state index in [1.807, 2.05) is 18.2 Å². The SMILES string of the molecule is OB(O)c1ccc(/C=C2\CCCN=C2c2cccnc2)o1. The number of hydrogen-bond donors (Lipinski definition) is 2. The van der Waals surface area contributed by atoms with E-state index in [0.29, 0.717) is 5.76 Å². The van der Waals surface area contributed by atoms with Gasteiger partial charge in [0, 0.05) is 24.5 Å². The molecule has 2 aromatic heterocycles. The summed E-state index contributed by atoms with van der Waals surface area (Å²) < 4.78 is 5.39. The molecule has 0 spiro atoms. The highest BCUT2D eigenvalue weighted by atomic mass is 16.4. The Bertz CT molecular complexity index is 677. The highest BCUT2D eigenvalue weighted by Crippen LogP contribution is 2.21. The second kappa shape index (κ2) is 6.07. The molecular weight excluding hydrogens is 267 g/mol. The fraction of sp³-hybridized carbons (Fsp3) is 0.200. The molecule has 0 saturated heterocycles. The molecule has 106 valence electrons. The molecule has 1 aliphatic heterocycles. The summed E-state index contributed by atoms with van der Waals surface area (Å²) in [5.74, 6) is 0.589. The Hall–Kier alpha value is -2.18. The molecule has 0 fully saturated rings. The van der Waals surface area contributed by atoms with Gasteiger partial charge in [0.1, 0.15) is 11.4 Å². The summed E-state index contributed by atoms with van der Waals surface area (Å²) in [5, 5.41) is 18.2. The van der Waals surface area contributed by atoms with Crippen molar-refractivity contribution in [2.24, 2.45) is 4.99 Å². The minimum Gasteiger partial charge on any atom is -0.465 e. The number of aliphatic imine (C=N–C) groups is 1. The zero-order valence-electron chi connectivity index (χ0n) is 11.4. The molecule has 6 heteroatoms. The van der Waals surface area contributed by atoms with Crippen molar-refractivity contribution in [1.82, 2.24) is 4.98 Å². The van der Waals surface area contributed by atoms with Gasteiger partial charge in [-0.2, -0.15) is 0 Å². The van der Waals surface area contributed by atoms with Gasteiger partial charge in [-0.25, -0.2) is 0 Å². The largest absolute Gasteiger partial charge is 0.526 e. The summed E-state index contributed by atoms with van der Waals surface area (Å²) in [6.45, 7) is 0.806. The third-order valence-corrected chi connectivity index (χ3v) is 3.33. The first-order valence-corrected chi connectivity index (χ1v) is 6.86. The van der Waals surface area contributed by atoms with Crippen molar-refractivity contribution in [2.45, 2.75) is 12.8 Å². The van der Waals surface area contributed by atoms with E-state index >= 15 is 0 Å². The van der Waals surface area contributed by atoms with E-state index in [0.717, 1.165) is 36.2 Å². The molecule has 1 aliphatic rings. The number of nitrogens with zero attached hydrogens (tertiary/aromatic N) is 2. The first-order chi connectivity index (χ1) is 10.2. The lowest BCUT2D eigenvalue weighted by atomic mass is 9.88. The molecule has 0 radical (unpaired) electrons. The topological polar surface area (TPSA) is 78.9 Å². The average molecular weight is 282 g/mol. The van der Waals surface area contributed by atoms with Crippen LogP contribution in [0, 0.1) is 0 Å². The van der Waals surface area contributed by atoms with E-state index in [9.17, 15) is 0 Å². The van der Waals surface area contributed by atoms with Crippen molar-refractivity contribution >= 4 is 24.6 Å². The third-order valence-electron chi connectivity index (χ3n) is 3.33. The van der Waals surface area contributed by atoms with Crippen molar-refractivity contribution in [1.29, 1.82) is 0 Å². The summed E-state index contributed by atoms with van der Waals surface area (Å²) in [7, 11) is -1.59. The number of rotatable bonds is 3. The van der Waals surface area contributed by atoms with Crippen molar-refractivity contribution in [3.05, 3.63) is 53.6 Å². The second-order valence-corrected chi connectivity index (χ2v) is 4.86. The van der Waals surface area contributed by atoms with Crippen LogP contribution in [-0.4, -0.2) is 34.4 Å². The molecule has 2 aromatic rings. The van der Waals surface area contributed by atoms with Crippen LogP contribution in [0.4, 0.5) is 0 Å². The molecule has 21 heavy (non-hydrogen) atoms. The van der Waals surface area contributed by atoms with Gasteiger partial charge in [0.15, 0.2) is 0 Å². The lowest BCUT2D eigenvalue weighted by Crippen LogP contribution is -2.27. The fourth-order valence-corrected chi connectivity index (χ4v) is 2.36. The molecule has 0 atom stereocenters. The number of hydrogen-bond acceptors (Lipinski definition) is 5. The highest BCUT2D eigenvalue weighted by molar-refractivity contribution is 6.57. The molecule has 3 rings (SSSR count). The molecule has 0 amide bonds. The Morgan fingerprint density at radius 3 is 2.86 bits per heavy atom. The van der Waals surface area contributed by atoms with E-state index in [4.69, 9.17) is 14.5 Å². The Morgan fingerprint density at radius 1 is 1.24 bits per heavy atom. The van der Waals surface area contributed by atoms with Gasteiger partial charge in [0.05, 0.1) is 5.71 Å². The maximum Gasteiger partial charge on any atom is 0.526 e. The average Bonchev–Trinajstić information content (AvgIpc) is 2.98. The third kappa shape index (κ3) is 3.12. The van der Waals surface area contributed by atoms with Crippen LogP contribution in [0.2, 0.25) is 0 Å². The Kier molecular flexibility index (Phi) is 3.99. The number of furan rings is 1.